The number of nitrogens with zero attached hydrogens (tertiary/aromatic N) is 1. The third kappa shape index (κ3) is 4.51. The number of amides is 2. The second kappa shape index (κ2) is 7.72. The molecule has 2 N–H and O–H groups in total. The van der Waals surface area contributed by atoms with Crippen LogP contribution in [0.15, 0.2) is 60.1 Å². The summed E-state index contributed by atoms with van der Waals surface area (Å²) >= 11 is 1.40. The molecule has 0 saturated heterocycles. The van der Waals surface area contributed by atoms with Crippen molar-refractivity contribution in [3.63, 3.8) is 0 Å². The quantitative estimate of drug-likeness (QED) is 0.737. The molecule has 126 valence electrons. The lowest BCUT2D eigenvalue weighted by atomic mass is 10.1. The number of hydrogen-bond donors (Lipinski definition) is 2. The summed E-state index contributed by atoms with van der Waals surface area (Å²) in [6.45, 7) is 2.35. The molecule has 0 bridgehead atoms. The number of hydrogen-bond acceptors (Lipinski definition) is 4. The van der Waals surface area contributed by atoms with Gasteiger partial charge in [0.15, 0.2) is 0 Å². The predicted octanol–water partition coefficient (Wildman–Crippen LogP) is 3.63. The lowest BCUT2D eigenvalue weighted by molar-refractivity contribution is 0.0953. The van der Waals surface area contributed by atoms with Crippen LogP contribution in [0.4, 0.5) is 5.82 Å². The minimum atomic E-state index is -0.217. The maximum Gasteiger partial charge on any atom is 0.261 e. The molecule has 0 atom stereocenters. The maximum absolute atomic E-state index is 12.2. The van der Waals surface area contributed by atoms with Crippen molar-refractivity contribution in [1.29, 1.82) is 0 Å². The van der Waals surface area contributed by atoms with E-state index in [0.29, 0.717) is 22.8 Å². The van der Waals surface area contributed by atoms with Gasteiger partial charge in [-0.05, 0) is 47.7 Å². The molecule has 25 heavy (non-hydrogen) atoms. The summed E-state index contributed by atoms with van der Waals surface area (Å²) in [6.07, 6.45) is 1.70. The molecule has 3 rings (SSSR count). The smallest absolute Gasteiger partial charge is 0.261 e. The van der Waals surface area contributed by atoms with E-state index in [1.54, 1.807) is 30.5 Å². The third-order valence-electron chi connectivity index (χ3n) is 3.57. The van der Waals surface area contributed by atoms with Gasteiger partial charge in [0.25, 0.3) is 11.8 Å². The lowest BCUT2D eigenvalue weighted by Gasteiger charge is -2.07. The molecule has 0 radical (unpaired) electrons. The Kier molecular flexibility index (Phi) is 5.20. The van der Waals surface area contributed by atoms with Crippen LogP contribution in [0.1, 0.15) is 31.2 Å². The van der Waals surface area contributed by atoms with Crippen LogP contribution >= 0.6 is 11.3 Å². The fraction of sp³-hybridized carbons (Fsp3) is 0.105. The fourth-order valence-electron chi connectivity index (χ4n) is 2.18. The zero-order valence-corrected chi connectivity index (χ0v) is 14.5. The maximum atomic E-state index is 12.2. The zero-order valence-electron chi connectivity index (χ0n) is 13.7. The van der Waals surface area contributed by atoms with Gasteiger partial charge >= 0.3 is 0 Å². The largest absolute Gasteiger partial charge is 0.347 e. The Bertz CT molecular complexity index is 857. The number of pyridine rings is 1. The monoisotopic (exact) mass is 351 g/mol. The average molecular weight is 351 g/mol. The summed E-state index contributed by atoms with van der Waals surface area (Å²) in [5.41, 5.74) is 2.50. The number of aromatic nitrogens is 1. The van der Waals surface area contributed by atoms with Gasteiger partial charge in [0.1, 0.15) is 5.82 Å². The topological polar surface area (TPSA) is 71.1 Å². The number of carbonyl (C=O) groups excluding carboxylic acids is 2. The Morgan fingerprint density at radius 1 is 1.04 bits per heavy atom. The minimum absolute atomic E-state index is 0.0951. The minimum Gasteiger partial charge on any atom is -0.347 e. The molecule has 0 aliphatic rings. The van der Waals surface area contributed by atoms with Crippen LogP contribution in [-0.4, -0.2) is 16.8 Å². The predicted molar refractivity (Wildman–Crippen MR) is 98.9 cm³/mol. The van der Waals surface area contributed by atoms with E-state index in [9.17, 15) is 9.59 Å². The highest BCUT2D eigenvalue weighted by molar-refractivity contribution is 7.12. The Balaban J connectivity index is 1.57. The number of carbonyl (C=O) groups is 2. The summed E-state index contributed by atoms with van der Waals surface area (Å²) in [5, 5.41) is 7.48. The molecule has 6 heteroatoms. The van der Waals surface area contributed by atoms with Gasteiger partial charge in [-0.25, -0.2) is 4.98 Å². The van der Waals surface area contributed by atoms with Gasteiger partial charge in [-0.1, -0.05) is 24.3 Å². The molecule has 2 heterocycles. The first-order valence-electron chi connectivity index (χ1n) is 7.76. The first-order valence-corrected chi connectivity index (χ1v) is 8.64. The fourth-order valence-corrected chi connectivity index (χ4v) is 2.82. The van der Waals surface area contributed by atoms with Crippen LogP contribution in [0.5, 0.6) is 0 Å². The van der Waals surface area contributed by atoms with Gasteiger partial charge < -0.3 is 10.6 Å². The van der Waals surface area contributed by atoms with Crippen LogP contribution in [0.3, 0.4) is 0 Å². The van der Waals surface area contributed by atoms with Gasteiger partial charge in [-0.2, -0.15) is 0 Å². The van der Waals surface area contributed by atoms with E-state index in [0.717, 1.165) is 11.1 Å². The van der Waals surface area contributed by atoms with E-state index >= 15 is 0 Å². The van der Waals surface area contributed by atoms with Crippen molar-refractivity contribution < 1.29 is 9.59 Å². The third-order valence-corrected chi connectivity index (χ3v) is 4.44. The van der Waals surface area contributed by atoms with E-state index in [1.807, 2.05) is 36.6 Å². The van der Waals surface area contributed by atoms with Crippen molar-refractivity contribution in [2.45, 2.75) is 13.5 Å². The molecule has 5 nitrogen and oxygen atoms in total. The Hall–Kier alpha value is -2.99. The van der Waals surface area contributed by atoms with Gasteiger partial charge in [0.05, 0.1) is 4.88 Å². The van der Waals surface area contributed by atoms with Crippen molar-refractivity contribution in [3.05, 3.63) is 81.7 Å². The first kappa shape index (κ1) is 16.9. The van der Waals surface area contributed by atoms with Crippen LogP contribution in [-0.2, 0) is 6.54 Å². The van der Waals surface area contributed by atoms with Crippen molar-refractivity contribution >= 4 is 29.0 Å². The Morgan fingerprint density at radius 2 is 1.84 bits per heavy atom. The highest BCUT2D eigenvalue weighted by atomic mass is 32.1. The number of thiophene rings is 1. The van der Waals surface area contributed by atoms with Crippen LogP contribution < -0.4 is 10.6 Å². The molecule has 0 saturated carbocycles. The normalized spacial score (nSPS) is 10.3. The number of benzene rings is 1. The summed E-state index contributed by atoms with van der Waals surface area (Å²) in [5.74, 6) is 0.204. The molecule has 0 aliphatic heterocycles. The number of aryl methyl sites for hydroxylation is 1. The van der Waals surface area contributed by atoms with Crippen molar-refractivity contribution in [2.24, 2.45) is 0 Å². The highest BCUT2D eigenvalue weighted by Crippen LogP contribution is 2.11. The molecule has 0 unspecified atom stereocenters. The lowest BCUT2D eigenvalue weighted by Crippen LogP contribution is -2.21. The number of anilines is 1. The molecular weight excluding hydrogens is 334 g/mol. The Labute approximate surface area is 149 Å². The summed E-state index contributed by atoms with van der Waals surface area (Å²) in [6, 6.07) is 14.4. The molecule has 0 fully saturated rings. The first-order chi connectivity index (χ1) is 12.1. The summed E-state index contributed by atoms with van der Waals surface area (Å²) in [4.78, 5) is 29.0. The van der Waals surface area contributed by atoms with Crippen molar-refractivity contribution in [1.82, 2.24) is 10.3 Å². The molecule has 3 aromatic rings. The van der Waals surface area contributed by atoms with Crippen LogP contribution in [0, 0.1) is 6.92 Å². The number of nitrogens with one attached hydrogen (secondary N) is 2. The highest BCUT2D eigenvalue weighted by Gasteiger charge is 2.08. The van der Waals surface area contributed by atoms with Gasteiger partial charge in [0, 0.05) is 18.3 Å². The Morgan fingerprint density at radius 3 is 2.48 bits per heavy atom. The van der Waals surface area contributed by atoms with Crippen molar-refractivity contribution in [3.8, 4) is 0 Å². The average Bonchev–Trinajstić information content (AvgIpc) is 3.17. The zero-order chi connectivity index (χ0) is 17.6. The van der Waals surface area contributed by atoms with Crippen molar-refractivity contribution in [2.75, 3.05) is 5.32 Å². The second-order valence-corrected chi connectivity index (χ2v) is 6.48. The summed E-state index contributed by atoms with van der Waals surface area (Å²) < 4.78 is 0. The molecule has 2 aromatic heterocycles. The van der Waals surface area contributed by atoms with E-state index in [2.05, 4.69) is 15.6 Å². The molecule has 1 aromatic carbocycles. The molecule has 2 amide bonds. The van der Waals surface area contributed by atoms with Gasteiger partial charge in [-0.3, -0.25) is 9.59 Å². The molecular formula is C19H17N3O2S. The molecule has 0 spiro atoms. The van der Waals surface area contributed by atoms with E-state index in [-0.39, 0.29) is 11.8 Å². The number of rotatable bonds is 5. The second-order valence-electron chi connectivity index (χ2n) is 5.53. The van der Waals surface area contributed by atoms with E-state index in [4.69, 9.17) is 0 Å². The van der Waals surface area contributed by atoms with Crippen LogP contribution in [0.25, 0.3) is 0 Å². The van der Waals surface area contributed by atoms with Gasteiger partial charge in [0.2, 0.25) is 0 Å². The van der Waals surface area contributed by atoms with E-state index in [1.165, 1.54) is 11.3 Å². The van der Waals surface area contributed by atoms with Gasteiger partial charge in [-0.15, -0.1) is 11.3 Å². The SMILES string of the molecule is Cc1ccc(NC(=O)c2ccc(CNC(=O)c3cccs3)cc2)nc1. The summed E-state index contributed by atoms with van der Waals surface area (Å²) in [7, 11) is 0. The molecule has 0 aliphatic carbocycles. The standard InChI is InChI=1S/C19H17N3O2S/c1-13-4-9-17(20-11-13)22-18(23)15-7-5-14(6-8-15)12-21-19(24)16-3-2-10-25-16/h2-11H,12H2,1H3,(H,21,24)(H,20,22,23). The van der Waals surface area contributed by atoms with Crippen LogP contribution in [0.2, 0.25) is 0 Å². The van der Waals surface area contributed by atoms with E-state index < -0.39 is 0 Å².